The summed E-state index contributed by atoms with van der Waals surface area (Å²) >= 11 is 0. The van der Waals surface area contributed by atoms with Gasteiger partial charge in [-0.15, -0.1) is 0 Å². The van der Waals surface area contributed by atoms with E-state index < -0.39 is 26.5 Å². The molecule has 0 aromatic carbocycles. The number of carbonyl (C=O) groups excluding carboxylic acids is 2. The van der Waals surface area contributed by atoms with Crippen molar-refractivity contribution in [3.63, 3.8) is 0 Å². The minimum absolute atomic E-state index is 0.0359. The van der Waals surface area contributed by atoms with Gasteiger partial charge in [-0.1, -0.05) is 295 Å². The zero-order chi connectivity index (χ0) is 62.6. The van der Waals surface area contributed by atoms with Crippen LogP contribution < -0.4 is 4.89 Å². The highest BCUT2D eigenvalue weighted by Gasteiger charge is 2.22. The zero-order valence-corrected chi connectivity index (χ0v) is 56.9. The van der Waals surface area contributed by atoms with Gasteiger partial charge in [-0.3, -0.25) is 14.2 Å². The predicted molar refractivity (Wildman–Crippen MR) is 369 cm³/mol. The summed E-state index contributed by atoms with van der Waals surface area (Å²) in [6.07, 6.45) is 95.3. The average molecular weight is 1220 g/mol. The van der Waals surface area contributed by atoms with Crippen molar-refractivity contribution in [2.75, 3.05) is 47.5 Å². The first-order chi connectivity index (χ1) is 42.0. The van der Waals surface area contributed by atoms with E-state index in [-0.39, 0.29) is 32.0 Å². The molecule has 492 valence electrons. The Hall–Kier alpha value is -3.85. The van der Waals surface area contributed by atoms with Crippen molar-refractivity contribution in [3.05, 3.63) is 134 Å². The summed E-state index contributed by atoms with van der Waals surface area (Å²) in [4.78, 5) is 38.1. The number of carbonyl (C=O) groups is 2. The highest BCUT2D eigenvalue weighted by Crippen LogP contribution is 2.38. The van der Waals surface area contributed by atoms with Gasteiger partial charge < -0.3 is 27.9 Å². The van der Waals surface area contributed by atoms with Crippen LogP contribution in [0, 0.1) is 0 Å². The number of phosphoric acid groups is 1. The van der Waals surface area contributed by atoms with Crippen molar-refractivity contribution >= 4 is 19.8 Å². The molecular weight excluding hydrogens is 1090 g/mol. The summed E-state index contributed by atoms with van der Waals surface area (Å²) in [5.41, 5.74) is 0. The van der Waals surface area contributed by atoms with Crippen LogP contribution in [-0.4, -0.2) is 70.0 Å². The van der Waals surface area contributed by atoms with E-state index in [0.29, 0.717) is 17.4 Å². The molecule has 0 radical (unpaired) electrons. The normalized spacial score (nSPS) is 14.0. The summed E-state index contributed by atoms with van der Waals surface area (Å²) in [7, 11) is 1.16. The van der Waals surface area contributed by atoms with Gasteiger partial charge in [-0.2, -0.15) is 0 Å². The predicted octanol–water partition coefficient (Wildman–Crippen LogP) is 22.2. The second-order valence-corrected chi connectivity index (χ2v) is 25.5. The number of nitrogens with zero attached hydrogens (tertiary/aromatic N) is 1. The van der Waals surface area contributed by atoms with Crippen LogP contribution in [0.1, 0.15) is 284 Å². The molecule has 9 nitrogen and oxygen atoms in total. The molecule has 10 heteroatoms. The van der Waals surface area contributed by atoms with Crippen LogP contribution >= 0.6 is 7.82 Å². The summed E-state index contributed by atoms with van der Waals surface area (Å²) in [5, 5.41) is 0. The molecule has 0 saturated heterocycles. The van der Waals surface area contributed by atoms with Gasteiger partial charge in [0.2, 0.25) is 0 Å². The number of esters is 2. The number of hydrogen-bond acceptors (Lipinski definition) is 8. The lowest BCUT2D eigenvalue weighted by molar-refractivity contribution is -0.870. The van der Waals surface area contributed by atoms with Crippen molar-refractivity contribution in [2.24, 2.45) is 0 Å². The highest BCUT2D eigenvalue weighted by atomic mass is 31.2. The largest absolute Gasteiger partial charge is 0.756 e. The van der Waals surface area contributed by atoms with Gasteiger partial charge in [0.15, 0.2) is 6.10 Å². The number of likely N-dealkylation sites (N-methyl/N-ethyl adjacent to an activating group) is 1. The summed E-state index contributed by atoms with van der Waals surface area (Å²) < 4.78 is 34.3. The molecule has 0 saturated carbocycles. The Morgan fingerprint density at radius 2 is 0.628 bits per heavy atom. The topological polar surface area (TPSA) is 111 Å². The van der Waals surface area contributed by atoms with Gasteiger partial charge in [-0.25, -0.2) is 0 Å². The summed E-state index contributed by atoms with van der Waals surface area (Å²) in [6.45, 7) is 4.02. The van der Waals surface area contributed by atoms with Gasteiger partial charge in [0.05, 0.1) is 27.7 Å². The molecule has 0 aromatic rings. The van der Waals surface area contributed by atoms with E-state index in [1.54, 1.807) is 0 Å². The smallest absolute Gasteiger partial charge is 0.306 e. The number of rotatable bonds is 63. The highest BCUT2D eigenvalue weighted by molar-refractivity contribution is 7.45. The fourth-order valence-electron chi connectivity index (χ4n) is 9.39. The fourth-order valence-corrected chi connectivity index (χ4v) is 10.1. The lowest BCUT2D eigenvalue weighted by atomic mass is 10.0. The minimum Gasteiger partial charge on any atom is -0.756 e. The van der Waals surface area contributed by atoms with Gasteiger partial charge in [0, 0.05) is 12.8 Å². The van der Waals surface area contributed by atoms with Gasteiger partial charge in [0.1, 0.15) is 19.8 Å². The molecule has 0 aromatic heterocycles. The van der Waals surface area contributed by atoms with Gasteiger partial charge >= 0.3 is 11.9 Å². The van der Waals surface area contributed by atoms with Crippen molar-refractivity contribution in [2.45, 2.75) is 290 Å². The lowest BCUT2D eigenvalue weighted by Crippen LogP contribution is -2.37. The Kier molecular flexibility index (Phi) is 62.7. The van der Waals surface area contributed by atoms with E-state index in [1.807, 2.05) is 21.1 Å². The Morgan fingerprint density at radius 1 is 0.360 bits per heavy atom. The Balaban J connectivity index is 4.03. The third kappa shape index (κ3) is 69.3. The Morgan fingerprint density at radius 3 is 0.930 bits per heavy atom. The van der Waals surface area contributed by atoms with E-state index >= 15 is 0 Å². The molecular formula is C76H130NO8P. The first kappa shape index (κ1) is 82.1. The second-order valence-electron chi connectivity index (χ2n) is 24.1. The average Bonchev–Trinajstić information content (AvgIpc) is 3.56. The summed E-state index contributed by atoms with van der Waals surface area (Å²) in [5.74, 6) is -0.836. The maximum atomic E-state index is 12.9. The van der Waals surface area contributed by atoms with Crippen LogP contribution in [0.15, 0.2) is 134 Å². The third-order valence-electron chi connectivity index (χ3n) is 14.7. The number of phosphoric ester groups is 1. The zero-order valence-electron chi connectivity index (χ0n) is 56.0. The SMILES string of the molecule is CC/C=C\C/C=C\C/C=C\C/C=C\C/C=C\C/C=C\C/C=C\CCCCCCCCCCCCCCCCCCCC(=O)OC(COC(=O)CCCCCCCCCCCC/C=C\C/C=C\C/C=C\C/C=C\CC)COP(=O)([O-])OCC[N+](C)(C)C. The first-order valence-corrected chi connectivity index (χ1v) is 36.4. The number of ether oxygens (including phenoxy) is 2. The van der Waals surface area contributed by atoms with E-state index in [1.165, 1.54) is 128 Å². The maximum Gasteiger partial charge on any atom is 0.306 e. The maximum absolute atomic E-state index is 12.9. The van der Waals surface area contributed by atoms with E-state index in [0.717, 1.165) is 122 Å². The molecule has 0 bridgehead atoms. The van der Waals surface area contributed by atoms with Crippen LogP contribution in [0.2, 0.25) is 0 Å². The third-order valence-corrected chi connectivity index (χ3v) is 15.6. The molecule has 0 aliphatic carbocycles. The van der Waals surface area contributed by atoms with Crippen molar-refractivity contribution < 1.29 is 42.1 Å². The molecule has 0 N–H and O–H groups in total. The van der Waals surface area contributed by atoms with Crippen LogP contribution in [0.25, 0.3) is 0 Å². The van der Waals surface area contributed by atoms with Gasteiger partial charge in [-0.05, 0) is 109 Å². The van der Waals surface area contributed by atoms with Crippen LogP contribution in [0.3, 0.4) is 0 Å². The lowest BCUT2D eigenvalue weighted by Gasteiger charge is -2.28. The van der Waals surface area contributed by atoms with Crippen LogP contribution in [0.5, 0.6) is 0 Å². The quantitative estimate of drug-likeness (QED) is 0.0195. The van der Waals surface area contributed by atoms with Gasteiger partial charge in [0.25, 0.3) is 7.82 Å². The number of allylic oxidation sites excluding steroid dienone is 22. The first-order valence-electron chi connectivity index (χ1n) is 34.9. The summed E-state index contributed by atoms with van der Waals surface area (Å²) in [6, 6.07) is 0. The monoisotopic (exact) mass is 1220 g/mol. The number of unbranched alkanes of at least 4 members (excludes halogenated alkanes) is 27. The molecule has 0 aliphatic heterocycles. The Labute approximate surface area is 530 Å². The van der Waals surface area contributed by atoms with E-state index in [9.17, 15) is 19.0 Å². The van der Waals surface area contributed by atoms with Crippen molar-refractivity contribution in [1.29, 1.82) is 0 Å². The molecule has 0 amide bonds. The second kappa shape index (κ2) is 65.6. The molecule has 86 heavy (non-hydrogen) atoms. The molecule has 0 spiro atoms. The van der Waals surface area contributed by atoms with Crippen LogP contribution in [0.4, 0.5) is 0 Å². The Bertz CT molecular complexity index is 1910. The molecule has 2 unspecified atom stereocenters. The molecule has 0 heterocycles. The molecule has 0 fully saturated rings. The van der Waals surface area contributed by atoms with E-state index in [4.69, 9.17) is 18.5 Å². The molecule has 0 aliphatic rings. The van der Waals surface area contributed by atoms with Crippen molar-refractivity contribution in [3.8, 4) is 0 Å². The van der Waals surface area contributed by atoms with Crippen LogP contribution in [-0.2, 0) is 32.7 Å². The fraction of sp³-hybridized carbons (Fsp3) is 0.684. The van der Waals surface area contributed by atoms with E-state index in [2.05, 4.69) is 148 Å². The number of hydrogen-bond donors (Lipinski definition) is 0. The standard InChI is InChI=1S/C76H130NO8P/c1-6-8-10-12-14-16-18-20-22-24-26-28-30-31-32-33-34-35-36-37-38-39-40-41-42-43-44-45-47-49-51-53-55-57-59-61-63-65-67-69-76(79)85-74(73-84-86(80,81)83-71-70-77(3,4)5)72-82-75(78)68-66-64-62-60-58-56-54-52-50-48-46-29-27-25-23-21-19-17-15-13-11-9-7-2/h8-11,14-17,20-23,26-29,31-32,34-35,37-38,74H,6-7,12-13,18-19,24-25,30,33,36,39-73H2,1-5H3/b10-8-,11-9-,16-14-,17-15-,22-20-,23-21-,28-26-,29-27-,32-31-,35-34-,38-37-. The molecule has 2 atom stereocenters. The minimum atomic E-state index is -4.65. The molecule has 0 rings (SSSR count). The van der Waals surface area contributed by atoms with Crippen molar-refractivity contribution in [1.82, 2.24) is 0 Å². The number of quaternary nitrogens is 1.